The summed E-state index contributed by atoms with van der Waals surface area (Å²) >= 11 is 0. The van der Waals surface area contributed by atoms with Crippen molar-refractivity contribution < 1.29 is 18.7 Å². The first-order valence-electron chi connectivity index (χ1n) is 6.52. The number of carbonyl (C=O) groups excluding carboxylic acids is 2. The molecule has 6 heteroatoms. The first kappa shape index (κ1) is 15.5. The number of amides is 2. The average molecular weight is 302 g/mol. The summed E-state index contributed by atoms with van der Waals surface area (Å²) in [5.41, 5.74) is 1.20. The predicted octanol–water partition coefficient (Wildman–Crippen LogP) is 3.05. The summed E-state index contributed by atoms with van der Waals surface area (Å²) in [6.07, 6.45) is 0. The molecular weight excluding hydrogens is 287 g/mol. The second kappa shape index (κ2) is 6.71. The van der Waals surface area contributed by atoms with E-state index in [-0.39, 0.29) is 17.3 Å². The van der Waals surface area contributed by atoms with Crippen LogP contribution in [-0.4, -0.2) is 18.9 Å². The summed E-state index contributed by atoms with van der Waals surface area (Å²) in [7, 11) is 1.45. The number of hydrogen-bond donors (Lipinski definition) is 2. The molecule has 114 valence electrons. The van der Waals surface area contributed by atoms with Crippen molar-refractivity contribution in [2.75, 3.05) is 17.7 Å². The van der Waals surface area contributed by atoms with Crippen molar-refractivity contribution in [3.63, 3.8) is 0 Å². The Balaban J connectivity index is 2.26. The minimum atomic E-state index is -0.421. The maximum absolute atomic E-state index is 12.9. The van der Waals surface area contributed by atoms with Gasteiger partial charge in [-0.15, -0.1) is 0 Å². The standard InChI is InChI=1S/C16H15FN2O3/c1-10(20)18-13-7-8-15(22-2)14(9-13)16(21)19-12-5-3-11(17)4-6-12/h3-9H,1-2H3,(H,18,20)(H,19,21). The van der Waals surface area contributed by atoms with Gasteiger partial charge in [-0.2, -0.15) is 0 Å². The lowest BCUT2D eigenvalue weighted by molar-refractivity contribution is -0.114. The molecule has 0 aliphatic rings. The highest BCUT2D eigenvalue weighted by molar-refractivity contribution is 6.07. The third kappa shape index (κ3) is 3.82. The van der Waals surface area contributed by atoms with E-state index in [2.05, 4.69) is 10.6 Å². The third-order valence-corrected chi connectivity index (χ3v) is 2.87. The highest BCUT2D eigenvalue weighted by Gasteiger charge is 2.14. The summed E-state index contributed by atoms with van der Waals surface area (Å²) in [4.78, 5) is 23.4. The molecule has 0 saturated carbocycles. The van der Waals surface area contributed by atoms with Gasteiger partial charge in [0, 0.05) is 18.3 Å². The van der Waals surface area contributed by atoms with Gasteiger partial charge in [0.1, 0.15) is 11.6 Å². The van der Waals surface area contributed by atoms with Gasteiger partial charge < -0.3 is 15.4 Å². The Kier molecular flexibility index (Phi) is 4.73. The molecule has 0 heterocycles. The highest BCUT2D eigenvalue weighted by Crippen LogP contribution is 2.24. The fourth-order valence-electron chi connectivity index (χ4n) is 1.90. The lowest BCUT2D eigenvalue weighted by atomic mass is 10.1. The number of halogens is 1. The van der Waals surface area contributed by atoms with Gasteiger partial charge in [-0.25, -0.2) is 4.39 Å². The number of anilines is 2. The zero-order valence-corrected chi connectivity index (χ0v) is 12.1. The van der Waals surface area contributed by atoms with E-state index in [1.807, 2.05) is 0 Å². The van der Waals surface area contributed by atoms with Crippen LogP contribution >= 0.6 is 0 Å². The highest BCUT2D eigenvalue weighted by atomic mass is 19.1. The average Bonchev–Trinajstić information content (AvgIpc) is 2.49. The Bertz CT molecular complexity index is 699. The zero-order chi connectivity index (χ0) is 16.1. The largest absolute Gasteiger partial charge is 0.496 e. The zero-order valence-electron chi connectivity index (χ0n) is 12.1. The van der Waals surface area contributed by atoms with E-state index < -0.39 is 5.91 Å². The number of hydrogen-bond acceptors (Lipinski definition) is 3. The van der Waals surface area contributed by atoms with Crippen molar-refractivity contribution in [3.05, 3.63) is 53.8 Å². The molecular formula is C16H15FN2O3. The Morgan fingerprint density at radius 2 is 1.64 bits per heavy atom. The second-order valence-corrected chi connectivity index (χ2v) is 4.56. The SMILES string of the molecule is COc1ccc(NC(C)=O)cc1C(=O)Nc1ccc(F)cc1. The van der Waals surface area contributed by atoms with Crippen LogP contribution in [0.25, 0.3) is 0 Å². The molecule has 0 fully saturated rings. The third-order valence-electron chi connectivity index (χ3n) is 2.87. The maximum Gasteiger partial charge on any atom is 0.259 e. The first-order chi connectivity index (χ1) is 10.5. The second-order valence-electron chi connectivity index (χ2n) is 4.56. The van der Waals surface area contributed by atoms with E-state index in [1.165, 1.54) is 44.4 Å². The number of methoxy groups -OCH3 is 1. The van der Waals surface area contributed by atoms with Gasteiger partial charge >= 0.3 is 0 Å². The minimum absolute atomic E-state index is 0.241. The number of rotatable bonds is 4. The molecule has 0 unspecified atom stereocenters. The summed E-state index contributed by atoms with van der Waals surface area (Å²) in [5.74, 6) is -0.678. The molecule has 0 radical (unpaired) electrons. The van der Waals surface area contributed by atoms with Crippen LogP contribution in [0.5, 0.6) is 5.75 Å². The van der Waals surface area contributed by atoms with Crippen molar-refractivity contribution >= 4 is 23.2 Å². The molecule has 5 nitrogen and oxygen atoms in total. The lowest BCUT2D eigenvalue weighted by Crippen LogP contribution is -2.14. The van der Waals surface area contributed by atoms with Crippen LogP contribution in [0.2, 0.25) is 0 Å². The van der Waals surface area contributed by atoms with Gasteiger partial charge in [-0.3, -0.25) is 9.59 Å². The number of nitrogens with one attached hydrogen (secondary N) is 2. The van der Waals surface area contributed by atoms with Gasteiger partial charge in [0.25, 0.3) is 5.91 Å². The lowest BCUT2D eigenvalue weighted by Gasteiger charge is -2.11. The van der Waals surface area contributed by atoms with E-state index >= 15 is 0 Å². The van der Waals surface area contributed by atoms with E-state index in [4.69, 9.17) is 4.74 Å². The number of ether oxygens (including phenoxy) is 1. The molecule has 2 rings (SSSR count). The Hall–Kier alpha value is -2.89. The predicted molar refractivity (Wildman–Crippen MR) is 81.7 cm³/mol. The smallest absolute Gasteiger partial charge is 0.259 e. The van der Waals surface area contributed by atoms with E-state index in [1.54, 1.807) is 12.1 Å². The van der Waals surface area contributed by atoms with Crippen molar-refractivity contribution in [2.45, 2.75) is 6.92 Å². The van der Waals surface area contributed by atoms with Gasteiger partial charge in [0.05, 0.1) is 12.7 Å². The molecule has 0 aromatic heterocycles. The van der Waals surface area contributed by atoms with Crippen molar-refractivity contribution in [2.24, 2.45) is 0 Å². The molecule has 0 atom stereocenters. The molecule has 0 bridgehead atoms. The molecule has 2 aromatic rings. The van der Waals surface area contributed by atoms with Crippen LogP contribution < -0.4 is 15.4 Å². The van der Waals surface area contributed by atoms with Crippen LogP contribution in [-0.2, 0) is 4.79 Å². The van der Waals surface area contributed by atoms with Crippen molar-refractivity contribution in [1.29, 1.82) is 0 Å². The molecule has 0 aliphatic carbocycles. The van der Waals surface area contributed by atoms with E-state index in [9.17, 15) is 14.0 Å². The first-order valence-corrected chi connectivity index (χ1v) is 6.52. The molecule has 2 amide bonds. The van der Waals surface area contributed by atoms with Gasteiger partial charge in [0.2, 0.25) is 5.91 Å². The molecule has 0 saturated heterocycles. The normalized spacial score (nSPS) is 9.95. The maximum atomic E-state index is 12.9. The fraction of sp³-hybridized carbons (Fsp3) is 0.125. The van der Waals surface area contributed by atoms with Crippen molar-refractivity contribution in [3.8, 4) is 5.75 Å². The molecule has 2 N–H and O–H groups in total. The Labute approximate surface area is 127 Å². The Morgan fingerprint density at radius 1 is 1.00 bits per heavy atom. The van der Waals surface area contributed by atoms with Gasteiger partial charge in [-0.05, 0) is 42.5 Å². The quantitative estimate of drug-likeness (QED) is 0.912. The monoisotopic (exact) mass is 302 g/mol. The van der Waals surface area contributed by atoms with Crippen LogP contribution in [0.4, 0.5) is 15.8 Å². The number of carbonyl (C=O) groups is 2. The summed E-state index contributed by atoms with van der Waals surface area (Å²) in [5, 5.41) is 5.24. The summed E-state index contributed by atoms with van der Waals surface area (Å²) < 4.78 is 18.0. The van der Waals surface area contributed by atoms with E-state index in [0.29, 0.717) is 17.1 Å². The topological polar surface area (TPSA) is 67.4 Å². The van der Waals surface area contributed by atoms with Gasteiger partial charge in [0.15, 0.2) is 0 Å². The van der Waals surface area contributed by atoms with Crippen LogP contribution in [0.1, 0.15) is 17.3 Å². The fourth-order valence-corrected chi connectivity index (χ4v) is 1.90. The molecule has 22 heavy (non-hydrogen) atoms. The van der Waals surface area contributed by atoms with Gasteiger partial charge in [-0.1, -0.05) is 0 Å². The van der Waals surface area contributed by atoms with Crippen LogP contribution in [0.3, 0.4) is 0 Å². The summed E-state index contributed by atoms with van der Waals surface area (Å²) in [6, 6.07) is 10.1. The van der Waals surface area contributed by atoms with Crippen molar-refractivity contribution in [1.82, 2.24) is 0 Å². The summed E-state index contributed by atoms with van der Waals surface area (Å²) in [6.45, 7) is 1.38. The molecule has 0 spiro atoms. The van der Waals surface area contributed by atoms with E-state index in [0.717, 1.165) is 0 Å². The number of benzene rings is 2. The van der Waals surface area contributed by atoms with Crippen LogP contribution in [0, 0.1) is 5.82 Å². The minimum Gasteiger partial charge on any atom is -0.496 e. The Morgan fingerprint density at radius 3 is 2.23 bits per heavy atom. The molecule has 0 aliphatic heterocycles. The van der Waals surface area contributed by atoms with Crippen LogP contribution in [0.15, 0.2) is 42.5 Å². The molecule has 2 aromatic carbocycles.